The van der Waals surface area contributed by atoms with Gasteiger partial charge in [-0.1, -0.05) is 6.08 Å². The summed E-state index contributed by atoms with van der Waals surface area (Å²) in [6.07, 6.45) is 6.68. The molecule has 0 aromatic heterocycles. The lowest BCUT2D eigenvalue weighted by atomic mass is 10.1. The van der Waals surface area contributed by atoms with E-state index in [-0.39, 0.29) is 0 Å². The molecule has 0 atom stereocenters. The molecular weight excluding hydrogens is 254 g/mol. The van der Waals surface area contributed by atoms with E-state index in [1.54, 1.807) is 13.3 Å². The van der Waals surface area contributed by atoms with E-state index in [0.717, 1.165) is 36.8 Å². The summed E-state index contributed by atoms with van der Waals surface area (Å²) >= 11 is 0. The first-order valence-corrected chi connectivity index (χ1v) is 6.74. The van der Waals surface area contributed by atoms with Crippen molar-refractivity contribution in [1.82, 2.24) is 4.90 Å². The Labute approximate surface area is 120 Å². The number of rotatable bonds is 4. The smallest absolute Gasteiger partial charge is 0.134 e. The Morgan fingerprint density at radius 1 is 1.45 bits per heavy atom. The first-order valence-electron chi connectivity index (χ1n) is 6.74. The summed E-state index contributed by atoms with van der Waals surface area (Å²) in [7, 11) is 1.80. The van der Waals surface area contributed by atoms with Gasteiger partial charge >= 0.3 is 0 Å². The van der Waals surface area contributed by atoms with Crippen molar-refractivity contribution < 1.29 is 9.47 Å². The van der Waals surface area contributed by atoms with Crippen molar-refractivity contribution in [3.8, 4) is 0 Å². The van der Waals surface area contributed by atoms with Crippen LogP contribution in [0.25, 0.3) is 0 Å². The summed E-state index contributed by atoms with van der Waals surface area (Å²) in [6.45, 7) is 8.48. The van der Waals surface area contributed by atoms with Crippen molar-refractivity contribution in [3.05, 3.63) is 35.5 Å². The Hall–Kier alpha value is -1.88. The average Bonchev–Trinajstić information content (AvgIpc) is 2.50. The molecule has 20 heavy (non-hydrogen) atoms. The zero-order valence-electron chi connectivity index (χ0n) is 12.1. The fraction of sp³-hybridized carbons (Fsp3) is 0.467. The van der Waals surface area contributed by atoms with Crippen LogP contribution >= 0.6 is 0 Å². The van der Waals surface area contributed by atoms with E-state index in [2.05, 4.69) is 27.7 Å². The van der Waals surface area contributed by atoms with Gasteiger partial charge < -0.3 is 14.4 Å². The van der Waals surface area contributed by atoms with Gasteiger partial charge in [0.15, 0.2) is 0 Å². The van der Waals surface area contributed by atoms with Gasteiger partial charge in [0.2, 0.25) is 0 Å². The van der Waals surface area contributed by atoms with Crippen molar-refractivity contribution >= 4 is 12.4 Å². The summed E-state index contributed by atoms with van der Waals surface area (Å²) in [5.41, 5.74) is 3.16. The lowest BCUT2D eigenvalue weighted by molar-refractivity contribution is 0.156. The minimum atomic E-state index is 0.648. The Kier molecular flexibility index (Phi) is 5.12. The third-order valence-corrected chi connectivity index (χ3v) is 3.35. The van der Waals surface area contributed by atoms with Crippen molar-refractivity contribution in [1.29, 1.82) is 0 Å². The van der Waals surface area contributed by atoms with Crippen LogP contribution in [-0.2, 0) is 9.47 Å². The second-order valence-corrected chi connectivity index (χ2v) is 4.61. The molecule has 0 spiro atoms. The van der Waals surface area contributed by atoms with E-state index in [4.69, 9.17) is 9.47 Å². The molecule has 2 aliphatic rings. The molecule has 0 aromatic rings. The molecule has 0 radical (unpaired) electrons. The van der Waals surface area contributed by atoms with Crippen molar-refractivity contribution in [2.75, 3.05) is 33.4 Å². The largest absolute Gasteiger partial charge is 0.498 e. The maximum absolute atomic E-state index is 5.34. The molecule has 2 heterocycles. The number of aliphatic imine (C=N–C) groups is 2. The Bertz CT molecular complexity index is 489. The van der Waals surface area contributed by atoms with Crippen LogP contribution in [0.15, 0.2) is 45.5 Å². The third-order valence-electron chi connectivity index (χ3n) is 3.35. The SMILES string of the molecule is C=N/C(=C\C(=NC)C1=CCOCC1)N1CCOC=C1C. The molecule has 0 bridgehead atoms. The molecule has 0 saturated carbocycles. The van der Waals surface area contributed by atoms with Crippen LogP contribution in [0, 0.1) is 0 Å². The second kappa shape index (κ2) is 7.05. The maximum atomic E-state index is 5.34. The van der Waals surface area contributed by atoms with Crippen molar-refractivity contribution in [2.24, 2.45) is 9.98 Å². The Morgan fingerprint density at radius 2 is 2.30 bits per heavy atom. The summed E-state index contributed by atoms with van der Waals surface area (Å²) in [5, 5.41) is 0. The highest BCUT2D eigenvalue weighted by molar-refractivity contribution is 6.08. The molecule has 0 amide bonds. The third kappa shape index (κ3) is 3.36. The minimum Gasteiger partial charge on any atom is -0.498 e. The topological polar surface area (TPSA) is 46.4 Å². The highest BCUT2D eigenvalue weighted by Gasteiger charge is 2.16. The van der Waals surface area contributed by atoms with Crippen molar-refractivity contribution in [2.45, 2.75) is 13.3 Å². The van der Waals surface area contributed by atoms with Crippen LogP contribution < -0.4 is 0 Å². The molecule has 2 rings (SSSR count). The average molecular weight is 275 g/mol. The summed E-state index contributed by atoms with van der Waals surface area (Å²) < 4.78 is 10.6. The Morgan fingerprint density at radius 3 is 2.90 bits per heavy atom. The molecule has 0 unspecified atom stereocenters. The summed E-state index contributed by atoms with van der Waals surface area (Å²) in [6, 6.07) is 0. The number of allylic oxidation sites excluding steroid dienone is 2. The molecule has 5 nitrogen and oxygen atoms in total. The highest BCUT2D eigenvalue weighted by Crippen LogP contribution is 2.19. The lowest BCUT2D eigenvalue weighted by Gasteiger charge is -2.28. The first kappa shape index (κ1) is 14.5. The normalized spacial score (nSPS) is 21.0. The second-order valence-electron chi connectivity index (χ2n) is 4.61. The fourth-order valence-corrected chi connectivity index (χ4v) is 2.25. The van der Waals surface area contributed by atoms with Crippen LogP contribution in [0.3, 0.4) is 0 Å². The van der Waals surface area contributed by atoms with Crippen LogP contribution in [0.2, 0.25) is 0 Å². The Balaban J connectivity index is 2.24. The van der Waals surface area contributed by atoms with Crippen LogP contribution in [0.1, 0.15) is 13.3 Å². The first-order chi connectivity index (χ1) is 9.76. The van der Waals surface area contributed by atoms with Gasteiger partial charge in [0.05, 0.1) is 31.2 Å². The van der Waals surface area contributed by atoms with Crippen LogP contribution in [0.5, 0.6) is 0 Å². The van der Waals surface area contributed by atoms with Crippen LogP contribution in [0.4, 0.5) is 0 Å². The molecule has 0 N–H and O–H groups in total. The molecular formula is C15H21N3O2. The molecule has 5 heteroatoms. The van der Waals surface area contributed by atoms with E-state index < -0.39 is 0 Å². The van der Waals surface area contributed by atoms with Gasteiger partial charge in [-0.25, -0.2) is 4.99 Å². The van der Waals surface area contributed by atoms with Gasteiger partial charge in [0, 0.05) is 13.1 Å². The number of nitrogens with zero attached hydrogens (tertiary/aromatic N) is 3. The summed E-state index contributed by atoms with van der Waals surface area (Å²) in [4.78, 5) is 10.6. The highest BCUT2D eigenvalue weighted by atomic mass is 16.5. The van der Waals surface area contributed by atoms with Gasteiger partial charge in [-0.15, -0.1) is 0 Å². The monoisotopic (exact) mass is 275 g/mol. The fourth-order valence-electron chi connectivity index (χ4n) is 2.25. The predicted molar refractivity (Wildman–Crippen MR) is 80.9 cm³/mol. The number of hydrogen-bond donors (Lipinski definition) is 0. The number of ether oxygens (including phenoxy) is 2. The zero-order chi connectivity index (χ0) is 14.4. The maximum Gasteiger partial charge on any atom is 0.134 e. The lowest BCUT2D eigenvalue weighted by Crippen LogP contribution is -2.28. The molecule has 0 saturated heterocycles. The van der Waals surface area contributed by atoms with E-state index in [9.17, 15) is 0 Å². The van der Waals surface area contributed by atoms with Crippen molar-refractivity contribution in [3.63, 3.8) is 0 Å². The van der Waals surface area contributed by atoms with E-state index in [1.807, 2.05) is 13.0 Å². The van der Waals surface area contributed by atoms with Gasteiger partial charge in [0.25, 0.3) is 0 Å². The molecule has 108 valence electrons. The number of hydrogen-bond acceptors (Lipinski definition) is 5. The van der Waals surface area contributed by atoms with Gasteiger partial charge in [-0.3, -0.25) is 4.99 Å². The minimum absolute atomic E-state index is 0.648. The van der Waals surface area contributed by atoms with E-state index in [0.29, 0.717) is 13.2 Å². The standard InChI is InChI=1S/C15H21N3O2/c1-12-11-20-9-6-18(12)15(17-3)10-14(16-2)13-4-7-19-8-5-13/h4,10-11H,3,5-9H2,1-2H3/b15-10+,16-14?. The van der Waals surface area contributed by atoms with E-state index in [1.165, 1.54) is 5.57 Å². The van der Waals surface area contributed by atoms with Gasteiger partial charge in [0.1, 0.15) is 18.7 Å². The summed E-state index contributed by atoms with van der Waals surface area (Å²) in [5.74, 6) is 0.801. The predicted octanol–water partition coefficient (Wildman–Crippen LogP) is 2.14. The van der Waals surface area contributed by atoms with E-state index >= 15 is 0 Å². The molecule has 0 fully saturated rings. The molecule has 0 aliphatic carbocycles. The molecule has 2 aliphatic heterocycles. The van der Waals surface area contributed by atoms with Gasteiger partial charge in [-0.05, 0) is 25.6 Å². The quantitative estimate of drug-likeness (QED) is 0.738. The zero-order valence-corrected chi connectivity index (χ0v) is 12.1. The van der Waals surface area contributed by atoms with Crippen LogP contribution in [-0.4, -0.2) is 50.7 Å². The van der Waals surface area contributed by atoms with Gasteiger partial charge in [-0.2, -0.15) is 0 Å². The molecule has 0 aromatic carbocycles.